The van der Waals surface area contributed by atoms with E-state index >= 15 is 0 Å². The van der Waals surface area contributed by atoms with Crippen LogP contribution < -0.4 is 14.8 Å². The predicted octanol–water partition coefficient (Wildman–Crippen LogP) is 3.40. The second kappa shape index (κ2) is 8.51. The van der Waals surface area contributed by atoms with Crippen molar-refractivity contribution in [1.82, 2.24) is 5.32 Å². The second-order valence-corrected chi connectivity index (χ2v) is 4.10. The highest BCUT2D eigenvalue weighted by atomic mass is 35.5. The van der Waals surface area contributed by atoms with Crippen LogP contribution >= 0.6 is 12.4 Å². The first kappa shape index (κ1) is 16.4. The summed E-state index contributed by atoms with van der Waals surface area (Å²) < 4.78 is 16.1. The molecule has 0 unspecified atom stereocenters. The summed E-state index contributed by atoms with van der Waals surface area (Å²) in [5.41, 5.74) is 1.15. The Kier molecular flexibility index (Phi) is 6.98. The molecule has 0 aliphatic carbocycles. The molecule has 0 radical (unpaired) electrons. The molecular weight excluding hydrogens is 278 g/mol. The van der Waals surface area contributed by atoms with E-state index in [9.17, 15) is 0 Å². The van der Waals surface area contributed by atoms with Gasteiger partial charge in [0.15, 0.2) is 11.5 Å². The van der Waals surface area contributed by atoms with Crippen molar-refractivity contribution in [3.05, 3.63) is 47.9 Å². The lowest BCUT2D eigenvalue weighted by molar-refractivity contribution is 0.310. The number of ether oxygens (including phenoxy) is 2. The molecule has 20 heavy (non-hydrogen) atoms. The highest BCUT2D eigenvalue weighted by Gasteiger charge is 2.05. The summed E-state index contributed by atoms with van der Waals surface area (Å²) in [6, 6.07) is 9.78. The summed E-state index contributed by atoms with van der Waals surface area (Å²) in [7, 11) is 1.65. The number of rotatable bonds is 7. The Balaban J connectivity index is 0.00000200. The third kappa shape index (κ3) is 4.47. The van der Waals surface area contributed by atoms with E-state index in [-0.39, 0.29) is 12.4 Å². The van der Waals surface area contributed by atoms with Gasteiger partial charge in [-0.1, -0.05) is 6.07 Å². The van der Waals surface area contributed by atoms with Crippen molar-refractivity contribution in [2.45, 2.75) is 20.0 Å². The molecular formula is C15H20ClNO3. The average molecular weight is 298 g/mol. The van der Waals surface area contributed by atoms with Crippen molar-refractivity contribution in [3.63, 3.8) is 0 Å². The van der Waals surface area contributed by atoms with Crippen molar-refractivity contribution in [2.24, 2.45) is 0 Å². The maximum Gasteiger partial charge on any atom is 0.161 e. The molecule has 0 spiro atoms. The third-order valence-electron chi connectivity index (χ3n) is 2.74. The van der Waals surface area contributed by atoms with Crippen molar-refractivity contribution in [1.29, 1.82) is 0 Å². The molecule has 0 aliphatic rings. The van der Waals surface area contributed by atoms with Gasteiger partial charge in [-0.2, -0.15) is 0 Å². The van der Waals surface area contributed by atoms with Gasteiger partial charge in [0.25, 0.3) is 0 Å². The van der Waals surface area contributed by atoms with Gasteiger partial charge in [0.1, 0.15) is 5.76 Å². The molecule has 1 N–H and O–H groups in total. The lowest BCUT2D eigenvalue weighted by atomic mass is 10.2. The fourth-order valence-electron chi connectivity index (χ4n) is 1.84. The fraction of sp³-hybridized carbons (Fsp3) is 0.333. The van der Waals surface area contributed by atoms with Crippen molar-refractivity contribution < 1.29 is 13.9 Å². The largest absolute Gasteiger partial charge is 0.493 e. The maximum atomic E-state index is 5.55. The maximum absolute atomic E-state index is 5.55. The van der Waals surface area contributed by atoms with Gasteiger partial charge in [-0.15, -0.1) is 12.4 Å². The summed E-state index contributed by atoms with van der Waals surface area (Å²) in [6.45, 7) is 4.05. The van der Waals surface area contributed by atoms with Gasteiger partial charge < -0.3 is 19.2 Å². The summed E-state index contributed by atoms with van der Waals surface area (Å²) >= 11 is 0. The monoisotopic (exact) mass is 297 g/mol. The Morgan fingerprint density at radius 1 is 1.15 bits per heavy atom. The zero-order chi connectivity index (χ0) is 13.5. The Labute approximate surface area is 125 Å². The molecule has 5 heteroatoms. The van der Waals surface area contributed by atoms with Gasteiger partial charge in [0.2, 0.25) is 0 Å². The summed E-state index contributed by atoms with van der Waals surface area (Å²) in [5, 5.41) is 3.32. The summed E-state index contributed by atoms with van der Waals surface area (Å²) in [6.07, 6.45) is 1.68. The van der Waals surface area contributed by atoms with Crippen LogP contribution in [0.2, 0.25) is 0 Å². The van der Waals surface area contributed by atoms with Gasteiger partial charge in [-0.3, -0.25) is 0 Å². The topological polar surface area (TPSA) is 43.6 Å². The first-order valence-corrected chi connectivity index (χ1v) is 6.36. The number of methoxy groups -OCH3 is 1. The van der Waals surface area contributed by atoms with Crippen LogP contribution in [0.4, 0.5) is 0 Å². The molecule has 0 atom stereocenters. The molecule has 4 nitrogen and oxygen atoms in total. The first-order chi connectivity index (χ1) is 9.33. The SMILES string of the molecule is CCOc1cc(CNCc2ccco2)ccc1OC.Cl. The third-order valence-corrected chi connectivity index (χ3v) is 2.74. The molecule has 0 saturated heterocycles. The fourth-order valence-corrected chi connectivity index (χ4v) is 1.84. The average Bonchev–Trinajstić information content (AvgIpc) is 2.93. The van der Waals surface area contributed by atoms with Gasteiger partial charge in [-0.05, 0) is 36.8 Å². The Morgan fingerprint density at radius 3 is 2.65 bits per heavy atom. The Hall–Kier alpha value is -1.65. The van der Waals surface area contributed by atoms with Crippen LogP contribution in [0.25, 0.3) is 0 Å². The van der Waals surface area contributed by atoms with E-state index in [0.717, 1.165) is 29.4 Å². The van der Waals surface area contributed by atoms with Crippen molar-refractivity contribution >= 4 is 12.4 Å². The molecule has 1 aromatic carbocycles. The lowest BCUT2D eigenvalue weighted by Gasteiger charge is -2.11. The van der Waals surface area contributed by atoms with Crippen LogP contribution in [0, 0.1) is 0 Å². The first-order valence-electron chi connectivity index (χ1n) is 6.36. The van der Waals surface area contributed by atoms with Crippen molar-refractivity contribution in [3.8, 4) is 11.5 Å². The van der Waals surface area contributed by atoms with Crippen molar-refractivity contribution in [2.75, 3.05) is 13.7 Å². The second-order valence-electron chi connectivity index (χ2n) is 4.10. The van der Waals surface area contributed by atoms with Gasteiger partial charge in [0, 0.05) is 6.54 Å². The zero-order valence-electron chi connectivity index (χ0n) is 11.7. The van der Waals surface area contributed by atoms with E-state index in [1.165, 1.54) is 0 Å². The predicted molar refractivity (Wildman–Crippen MR) is 80.7 cm³/mol. The molecule has 0 bridgehead atoms. The number of nitrogens with one attached hydrogen (secondary N) is 1. The molecule has 0 saturated carbocycles. The van der Waals surface area contributed by atoms with Crippen LogP contribution in [0.3, 0.4) is 0 Å². The smallest absolute Gasteiger partial charge is 0.161 e. The minimum absolute atomic E-state index is 0. The summed E-state index contributed by atoms with van der Waals surface area (Å²) in [4.78, 5) is 0. The lowest BCUT2D eigenvalue weighted by Crippen LogP contribution is -2.12. The van der Waals surface area contributed by atoms with Crippen LogP contribution in [0.5, 0.6) is 11.5 Å². The minimum atomic E-state index is 0. The number of hydrogen-bond donors (Lipinski definition) is 1. The molecule has 1 heterocycles. The summed E-state index contributed by atoms with van der Waals surface area (Å²) in [5.74, 6) is 2.47. The van der Waals surface area contributed by atoms with E-state index in [1.807, 2.05) is 37.3 Å². The molecule has 1 aromatic heterocycles. The molecule has 2 rings (SSSR count). The number of benzene rings is 1. The molecule has 110 valence electrons. The highest BCUT2D eigenvalue weighted by Crippen LogP contribution is 2.27. The highest BCUT2D eigenvalue weighted by molar-refractivity contribution is 5.85. The van der Waals surface area contributed by atoms with Crippen LogP contribution in [0.15, 0.2) is 41.0 Å². The van der Waals surface area contributed by atoms with Gasteiger partial charge in [0.05, 0.1) is 26.5 Å². The van der Waals surface area contributed by atoms with Crippen LogP contribution in [-0.2, 0) is 13.1 Å². The molecule has 2 aromatic rings. The van der Waals surface area contributed by atoms with E-state index in [2.05, 4.69) is 5.32 Å². The standard InChI is InChI=1S/C15H19NO3.ClH/c1-3-18-15-9-12(6-7-14(15)17-2)10-16-11-13-5-4-8-19-13;/h4-9,16H,3,10-11H2,1-2H3;1H. The quantitative estimate of drug-likeness (QED) is 0.850. The van der Waals surface area contributed by atoms with E-state index in [1.54, 1.807) is 13.4 Å². The van der Waals surface area contributed by atoms with E-state index in [4.69, 9.17) is 13.9 Å². The zero-order valence-corrected chi connectivity index (χ0v) is 12.5. The van der Waals surface area contributed by atoms with Gasteiger partial charge in [-0.25, -0.2) is 0 Å². The van der Waals surface area contributed by atoms with Gasteiger partial charge >= 0.3 is 0 Å². The van der Waals surface area contributed by atoms with Crippen LogP contribution in [-0.4, -0.2) is 13.7 Å². The molecule has 0 fully saturated rings. The van der Waals surface area contributed by atoms with E-state index < -0.39 is 0 Å². The van der Waals surface area contributed by atoms with Crippen LogP contribution in [0.1, 0.15) is 18.2 Å². The normalized spacial score (nSPS) is 9.90. The Morgan fingerprint density at radius 2 is 2.00 bits per heavy atom. The molecule has 0 amide bonds. The minimum Gasteiger partial charge on any atom is -0.493 e. The number of halogens is 1. The Bertz CT molecular complexity index is 500. The number of hydrogen-bond acceptors (Lipinski definition) is 4. The number of furan rings is 1. The van der Waals surface area contributed by atoms with E-state index in [0.29, 0.717) is 13.2 Å². The molecule has 0 aliphatic heterocycles.